The monoisotopic (exact) mass is 354 g/mol. The van der Waals surface area contributed by atoms with Crippen molar-refractivity contribution in [3.8, 4) is 0 Å². The largest absolute Gasteiger partial charge is 0.356 e. The zero-order valence-electron chi connectivity index (χ0n) is 14.1. The van der Waals surface area contributed by atoms with Crippen LogP contribution in [0.25, 0.3) is 0 Å². The van der Waals surface area contributed by atoms with Crippen LogP contribution in [0.5, 0.6) is 0 Å². The van der Waals surface area contributed by atoms with Gasteiger partial charge in [0, 0.05) is 32.4 Å². The van der Waals surface area contributed by atoms with Crippen molar-refractivity contribution < 1.29 is 13.2 Å². The molecule has 0 aliphatic carbocycles. The summed E-state index contributed by atoms with van der Waals surface area (Å²) in [5.74, 6) is 0.226. The number of hydrogen-bond donors (Lipinski definition) is 2. The predicted molar refractivity (Wildman–Crippen MR) is 91.3 cm³/mol. The molecule has 8 heteroatoms. The fraction of sp³-hybridized carbons (Fsp3) is 0.688. The lowest BCUT2D eigenvalue weighted by atomic mass is 10.00. The van der Waals surface area contributed by atoms with Gasteiger partial charge in [0.25, 0.3) is 5.91 Å². The Balaban J connectivity index is 1.74. The molecule has 1 aromatic rings. The molecule has 2 aliphatic heterocycles. The number of amides is 1. The third kappa shape index (κ3) is 3.50. The number of nitrogens with one attached hydrogen (secondary N) is 2. The number of carbonyl (C=O) groups excluding carboxylic acids is 1. The van der Waals surface area contributed by atoms with Crippen molar-refractivity contribution in [2.75, 3.05) is 39.8 Å². The molecule has 0 saturated carbocycles. The molecule has 1 unspecified atom stereocenters. The molecule has 0 bridgehead atoms. The van der Waals surface area contributed by atoms with Gasteiger partial charge < -0.3 is 15.2 Å². The first-order valence-electron chi connectivity index (χ1n) is 8.65. The lowest BCUT2D eigenvalue weighted by Crippen LogP contribution is -2.42. The van der Waals surface area contributed by atoms with Crippen molar-refractivity contribution in [3.63, 3.8) is 0 Å². The normalized spacial score (nSPS) is 22.9. The van der Waals surface area contributed by atoms with E-state index >= 15 is 0 Å². The van der Waals surface area contributed by atoms with Crippen LogP contribution in [0.3, 0.4) is 0 Å². The summed E-state index contributed by atoms with van der Waals surface area (Å²) in [6, 6.07) is 1.48. The van der Waals surface area contributed by atoms with Gasteiger partial charge in [0.1, 0.15) is 10.6 Å². The van der Waals surface area contributed by atoms with Crippen LogP contribution in [0, 0.1) is 5.92 Å². The Morgan fingerprint density at radius 1 is 1.29 bits per heavy atom. The first-order valence-corrected chi connectivity index (χ1v) is 10.1. The van der Waals surface area contributed by atoms with E-state index in [1.807, 2.05) is 7.05 Å². The molecule has 1 amide bonds. The molecule has 134 valence electrons. The van der Waals surface area contributed by atoms with Gasteiger partial charge in [0.15, 0.2) is 0 Å². The van der Waals surface area contributed by atoms with E-state index in [4.69, 9.17) is 0 Å². The molecule has 1 aromatic heterocycles. The summed E-state index contributed by atoms with van der Waals surface area (Å²) >= 11 is 0. The molecule has 3 rings (SSSR count). The highest BCUT2D eigenvalue weighted by Crippen LogP contribution is 2.24. The van der Waals surface area contributed by atoms with Crippen LogP contribution in [0.4, 0.5) is 0 Å². The number of aromatic amines is 1. The summed E-state index contributed by atoms with van der Waals surface area (Å²) in [6.45, 7) is 3.39. The maximum absolute atomic E-state index is 12.9. The molecule has 3 heterocycles. The molecule has 2 N–H and O–H groups in total. The van der Waals surface area contributed by atoms with E-state index < -0.39 is 10.0 Å². The van der Waals surface area contributed by atoms with Gasteiger partial charge in [-0.2, -0.15) is 4.31 Å². The standard InChI is InChI=1S/C16H26N4O3S/c1-17-10-13-5-4-8-20(12-13)24(22,23)14-9-15(18-11-14)16(21)19-6-2-3-7-19/h9,11,13,17-18H,2-8,10,12H2,1H3. The Morgan fingerprint density at radius 2 is 2.04 bits per heavy atom. The Hall–Kier alpha value is -1.38. The molecule has 7 nitrogen and oxygen atoms in total. The van der Waals surface area contributed by atoms with Gasteiger partial charge in [-0.15, -0.1) is 0 Å². The molecule has 1 atom stereocenters. The van der Waals surface area contributed by atoms with Crippen LogP contribution < -0.4 is 5.32 Å². The number of nitrogens with zero attached hydrogens (tertiary/aromatic N) is 2. The van der Waals surface area contributed by atoms with E-state index in [0.717, 1.165) is 45.3 Å². The second-order valence-corrected chi connectivity index (χ2v) is 8.62. The number of sulfonamides is 1. The summed E-state index contributed by atoms with van der Waals surface area (Å²) < 4.78 is 27.3. The minimum Gasteiger partial charge on any atom is -0.356 e. The zero-order chi connectivity index (χ0) is 17.2. The second-order valence-electron chi connectivity index (χ2n) is 6.68. The van der Waals surface area contributed by atoms with Gasteiger partial charge in [-0.05, 0) is 51.3 Å². The smallest absolute Gasteiger partial charge is 0.270 e. The van der Waals surface area contributed by atoms with Crippen LogP contribution >= 0.6 is 0 Å². The summed E-state index contributed by atoms with van der Waals surface area (Å²) in [5.41, 5.74) is 0.360. The summed E-state index contributed by atoms with van der Waals surface area (Å²) in [6.07, 6.45) is 5.38. The lowest BCUT2D eigenvalue weighted by molar-refractivity contribution is 0.0787. The highest BCUT2D eigenvalue weighted by molar-refractivity contribution is 7.89. The molecule has 24 heavy (non-hydrogen) atoms. The number of hydrogen-bond acceptors (Lipinski definition) is 4. The number of carbonyl (C=O) groups is 1. The number of rotatable bonds is 5. The van der Waals surface area contributed by atoms with Crippen LogP contribution in [-0.4, -0.2) is 68.3 Å². The molecule has 2 fully saturated rings. The quantitative estimate of drug-likeness (QED) is 0.822. The third-order valence-electron chi connectivity index (χ3n) is 4.89. The van der Waals surface area contributed by atoms with Gasteiger partial charge in [-0.1, -0.05) is 0 Å². The summed E-state index contributed by atoms with van der Waals surface area (Å²) in [5, 5.41) is 3.12. The number of likely N-dealkylation sites (tertiary alicyclic amines) is 1. The molecular formula is C16H26N4O3S. The first kappa shape index (κ1) is 17.4. The summed E-state index contributed by atoms with van der Waals surface area (Å²) in [7, 11) is -1.66. The van der Waals surface area contributed by atoms with Crippen molar-refractivity contribution >= 4 is 15.9 Å². The van der Waals surface area contributed by atoms with Gasteiger partial charge in [-0.3, -0.25) is 4.79 Å². The van der Waals surface area contributed by atoms with E-state index in [2.05, 4.69) is 10.3 Å². The first-order chi connectivity index (χ1) is 11.5. The van der Waals surface area contributed by atoms with Crippen molar-refractivity contribution in [3.05, 3.63) is 18.0 Å². The Morgan fingerprint density at radius 3 is 2.75 bits per heavy atom. The Kier molecular flexibility index (Phi) is 5.27. The number of H-pyrrole nitrogens is 1. The second kappa shape index (κ2) is 7.25. The van der Waals surface area contributed by atoms with Gasteiger partial charge in [0.05, 0.1) is 0 Å². The molecule has 2 saturated heterocycles. The summed E-state index contributed by atoms with van der Waals surface area (Å²) in [4.78, 5) is 17.2. The van der Waals surface area contributed by atoms with E-state index in [9.17, 15) is 13.2 Å². The van der Waals surface area contributed by atoms with Crippen molar-refractivity contribution in [2.45, 2.75) is 30.6 Å². The topological polar surface area (TPSA) is 85.5 Å². The van der Waals surface area contributed by atoms with Crippen LogP contribution in [0.15, 0.2) is 17.2 Å². The van der Waals surface area contributed by atoms with Gasteiger partial charge in [-0.25, -0.2) is 8.42 Å². The van der Waals surface area contributed by atoms with Gasteiger partial charge in [0.2, 0.25) is 10.0 Å². The maximum atomic E-state index is 12.9. The van der Waals surface area contributed by atoms with Crippen LogP contribution in [0.2, 0.25) is 0 Å². The Bertz CT molecular complexity index is 677. The van der Waals surface area contributed by atoms with Crippen molar-refractivity contribution in [1.29, 1.82) is 0 Å². The van der Waals surface area contributed by atoms with E-state index in [1.54, 1.807) is 9.21 Å². The van der Waals surface area contributed by atoms with Gasteiger partial charge >= 0.3 is 0 Å². The van der Waals surface area contributed by atoms with Crippen LogP contribution in [0.1, 0.15) is 36.2 Å². The van der Waals surface area contributed by atoms with E-state index in [0.29, 0.717) is 24.7 Å². The highest BCUT2D eigenvalue weighted by Gasteiger charge is 2.31. The highest BCUT2D eigenvalue weighted by atomic mass is 32.2. The molecule has 0 aromatic carbocycles. The lowest BCUT2D eigenvalue weighted by Gasteiger charge is -2.31. The number of aromatic nitrogens is 1. The van der Waals surface area contributed by atoms with E-state index in [1.165, 1.54) is 12.3 Å². The average Bonchev–Trinajstić information content (AvgIpc) is 3.27. The minimum atomic E-state index is -3.55. The van der Waals surface area contributed by atoms with Crippen molar-refractivity contribution in [1.82, 2.24) is 19.5 Å². The SMILES string of the molecule is CNCC1CCCN(S(=O)(=O)c2c[nH]c(C(=O)N3CCCC3)c2)C1. The molecular weight excluding hydrogens is 328 g/mol. The minimum absolute atomic E-state index is 0.111. The molecule has 0 radical (unpaired) electrons. The molecule has 2 aliphatic rings. The van der Waals surface area contributed by atoms with E-state index in [-0.39, 0.29) is 10.8 Å². The fourth-order valence-electron chi connectivity index (χ4n) is 3.59. The van der Waals surface area contributed by atoms with Crippen LogP contribution in [-0.2, 0) is 10.0 Å². The fourth-order valence-corrected chi connectivity index (χ4v) is 5.14. The Labute approximate surface area is 143 Å². The van der Waals surface area contributed by atoms with Crippen molar-refractivity contribution in [2.24, 2.45) is 5.92 Å². The maximum Gasteiger partial charge on any atom is 0.270 e. The predicted octanol–water partition coefficient (Wildman–Crippen LogP) is 0.871. The molecule has 0 spiro atoms. The third-order valence-corrected chi connectivity index (χ3v) is 6.74. The zero-order valence-corrected chi connectivity index (χ0v) is 14.9. The average molecular weight is 354 g/mol. The number of piperidine rings is 1.